The predicted octanol–water partition coefficient (Wildman–Crippen LogP) is 4.61. The number of carbonyl (C=O) groups excluding carboxylic acids is 1. The summed E-state index contributed by atoms with van der Waals surface area (Å²) < 4.78 is 5.16. The molecule has 19 heavy (non-hydrogen) atoms. The van der Waals surface area contributed by atoms with Crippen molar-refractivity contribution in [3.05, 3.63) is 0 Å². The molecule has 2 heteroatoms. The number of methoxy groups -OCH3 is 1. The summed E-state index contributed by atoms with van der Waals surface area (Å²) in [5, 5.41) is 0. The lowest BCUT2D eigenvalue weighted by molar-refractivity contribution is -0.124. The lowest BCUT2D eigenvalue weighted by atomic mass is 9.87. The fraction of sp³-hybridized carbons (Fsp3) is 0.941. The van der Waals surface area contributed by atoms with Gasteiger partial charge in [-0.3, -0.25) is 4.79 Å². The van der Waals surface area contributed by atoms with E-state index in [1.807, 2.05) is 0 Å². The highest BCUT2D eigenvalue weighted by atomic mass is 16.5. The second-order valence-electron chi connectivity index (χ2n) is 6.54. The Hall–Kier alpha value is -0.370. The van der Waals surface area contributed by atoms with Gasteiger partial charge in [-0.2, -0.15) is 0 Å². The first-order chi connectivity index (χ1) is 9.15. The van der Waals surface area contributed by atoms with Gasteiger partial charge in [0.1, 0.15) is 5.78 Å². The van der Waals surface area contributed by atoms with Gasteiger partial charge in [0.15, 0.2) is 0 Å². The van der Waals surface area contributed by atoms with Gasteiger partial charge in [0.2, 0.25) is 0 Å². The Labute approximate surface area is 119 Å². The van der Waals surface area contributed by atoms with Crippen molar-refractivity contribution in [3.8, 4) is 0 Å². The molecule has 1 saturated carbocycles. The molecule has 0 spiro atoms. The summed E-state index contributed by atoms with van der Waals surface area (Å²) in [6.07, 6.45) is 10.4. The fourth-order valence-electron chi connectivity index (χ4n) is 3.29. The van der Waals surface area contributed by atoms with Crippen LogP contribution < -0.4 is 0 Å². The van der Waals surface area contributed by atoms with Crippen LogP contribution in [0.15, 0.2) is 0 Å². The van der Waals surface area contributed by atoms with Gasteiger partial charge in [-0.1, -0.05) is 39.5 Å². The molecule has 112 valence electrons. The lowest BCUT2D eigenvalue weighted by Gasteiger charge is -2.18. The molecule has 0 aromatic rings. The number of unbranched alkanes of at least 4 members (excludes halogenated alkanes) is 2. The number of hydrogen-bond acceptors (Lipinski definition) is 2. The van der Waals surface area contributed by atoms with E-state index in [0.717, 1.165) is 38.2 Å². The van der Waals surface area contributed by atoms with Gasteiger partial charge in [-0.15, -0.1) is 0 Å². The highest BCUT2D eigenvalue weighted by molar-refractivity contribution is 5.81. The largest absolute Gasteiger partial charge is 0.385 e. The van der Waals surface area contributed by atoms with E-state index in [4.69, 9.17) is 4.74 Å². The number of rotatable bonds is 10. The molecule has 1 aliphatic carbocycles. The molecular formula is C17H32O2. The summed E-state index contributed by atoms with van der Waals surface area (Å²) in [5.41, 5.74) is 0. The van der Waals surface area contributed by atoms with E-state index in [1.54, 1.807) is 7.11 Å². The maximum atomic E-state index is 12.3. The third-order valence-corrected chi connectivity index (χ3v) is 4.47. The minimum absolute atomic E-state index is 0.347. The Bertz CT molecular complexity index is 248. The van der Waals surface area contributed by atoms with E-state index in [2.05, 4.69) is 13.8 Å². The van der Waals surface area contributed by atoms with Gasteiger partial charge in [-0.05, 0) is 37.5 Å². The second-order valence-corrected chi connectivity index (χ2v) is 6.54. The number of Topliss-reactive ketones (excluding diaryl/α,β-unsaturated/α-hetero) is 1. The minimum Gasteiger partial charge on any atom is -0.385 e. The standard InChI is InChI=1S/C17H32O2/c1-14(2)8-5-4-6-11-17(18)16-10-7-9-15(16)12-13-19-3/h14-16H,4-13H2,1-3H3. The quantitative estimate of drug-likeness (QED) is 0.541. The molecule has 0 heterocycles. The Morgan fingerprint density at radius 1 is 1.21 bits per heavy atom. The maximum absolute atomic E-state index is 12.3. The van der Waals surface area contributed by atoms with Gasteiger partial charge < -0.3 is 4.74 Å². The second kappa shape index (κ2) is 9.52. The van der Waals surface area contributed by atoms with Crippen LogP contribution >= 0.6 is 0 Å². The van der Waals surface area contributed by atoms with Crippen molar-refractivity contribution in [2.45, 2.75) is 71.6 Å². The van der Waals surface area contributed by atoms with Crippen LogP contribution in [0.2, 0.25) is 0 Å². The van der Waals surface area contributed by atoms with Crippen LogP contribution in [-0.2, 0) is 9.53 Å². The van der Waals surface area contributed by atoms with Crippen LogP contribution in [0.3, 0.4) is 0 Å². The Morgan fingerprint density at radius 2 is 2.00 bits per heavy atom. The average Bonchev–Trinajstić information content (AvgIpc) is 2.83. The number of carbonyl (C=O) groups is 1. The predicted molar refractivity (Wildman–Crippen MR) is 80.3 cm³/mol. The van der Waals surface area contributed by atoms with E-state index in [1.165, 1.54) is 32.1 Å². The van der Waals surface area contributed by atoms with Crippen molar-refractivity contribution >= 4 is 5.78 Å². The SMILES string of the molecule is COCCC1CCCC1C(=O)CCCCCC(C)C. The third-order valence-electron chi connectivity index (χ3n) is 4.47. The van der Waals surface area contributed by atoms with Gasteiger partial charge in [0, 0.05) is 26.1 Å². The molecule has 0 amide bonds. The zero-order chi connectivity index (χ0) is 14.1. The molecule has 2 unspecified atom stereocenters. The Morgan fingerprint density at radius 3 is 2.68 bits per heavy atom. The topological polar surface area (TPSA) is 26.3 Å². The number of ether oxygens (including phenoxy) is 1. The minimum atomic E-state index is 0.347. The molecule has 0 aromatic heterocycles. The first-order valence-electron chi connectivity index (χ1n) is 8.16. The Kier molecular flexibility index (Phi) is 8.36. The zero-order valence-electron chi connectivity index (χ0n) is 13.1. The molecule has 0 saturated heterocycles. The van der Waals surface area contributed by atoms with Crippen LogP contribution in [0.4, 0.5) is 0 Å². The summed E-state index contributed by atoms with van der Waals surface area (Å²) in [5.74, 6) is 2.27. The van der Waals surface area contributed by atoms with E-state index >= 15 is 0 Å². The summed E-state index contributed by atoms with van der Waals surface area (Å²) in [4.78, 5) is 12.3. The van der Waals surface area contributed by atoms with Crippen molar-refractivity contribution in [1.29, 1.82) is 0 Å². The summed E-state index contributed by atoms with van der Waals surface area (Å²) in [6, 6.07) is 0. The number of hydrogen-bond donors (Lipinski definition) is 0. The molecule has 0 N–H and O–H groups in total. The zero-order valence-corrected chi connectivity index (χ0v) is 13.1. The highest BCUT2D eigenvalue weighted by Gasteiger charge is 2.31. The van der Waals surface area contributed by atoms with Gasteiger partial charge in [-0.25, -0.2) is 0 Å². The van der Waals surface area contributed by atoms with Crippen LogP contribution in [-0.4, -0.2) is 19.5 Å². The molecule has 1 fully saturated rings. The molecular weight excluding hydrogens is 236 g/mol. The highest BCUT2D eigenvalue weighted by Crippen LogP contribution is 2.35. The average molecular weight is 268 g/mol. The molecule has 1 aliphatic rings. The normalized spacial score (nSPS) is 23.2. The van der Waals surface area contributed by atoms with E-state index in [0.29, 0.717) is 17.6 Å². The summed E-state index contributed by atoms with van der Waals surface area (Å²) >= 11 is 0. The van der Waals surface area contributed by atoms with Gasteiger partial charge >= 0.3 is 0 Å². The summed E-state index contributed by atoms with van der Waals surface area (Å²) in [7, 11) is 1.75. The van der Waals surface area contributed by atoms with Crippen LogP contribution in [0, 0.1) is 17.8 Å². The van der Waals surface area contributed by atoms with Gasteiger partial charge in [0.05, 0.1) is 0 Å². The van der Waals surface area contributed by atoms with Crippen molar-refractivity contribution in [1.82, 2.24) is 0 Å². The smallest absolute Gasteiger partial charge is 0.136 e. The Balaban J connectivity index is 2.17. The molecule has 0 aromatic carbocycles. The maximum Gasteiger partial charge on any atom is 0.136 e. The molecule has 0 radical (unpaired) electrons. The van der Waals surface area contributed by atoms with E-state index in [9.17, 15) is 4.79 Å². The van der Waals surface area contributed by atoms with Crippen molar-refractivity contribution in [3.63, 3.8) is 0 Å². The summed E-state index contributed by atoms with van der Waals surface area (Å²) in [6.45, 7) is 5.34. The van der Waals surface area contributed by atoms with E-state index in [-0.39, 0.29) is 0 Å². The van der Waals surface area contributed by atoms with Crippen molar-refractivity contribution in [2.75, 3.05) is 13.7 Å². The fourth-order valence-corrected chi connectivity index (χ4v) is 3.29. The molecule has 2 atom stereocenters. The van der Waals surface area contributed by atoms with Crippen LogP contribution in [0.25, 0.3) is 0 Å². The molecule has 0 bridgehead atoms. The molecule has 2 nitrogen and oxygen atoms in total. The lowest BCUT2D eigenvalue weighted by Crippen LogP contribution is -2.20. The first-order valence-corrected chi connectivity index (χ1v) is 8.16. The van der Waals surface area contributed by atoms with Gasteiger partial charge in [0.25, 0.3) is 0 Å². The van der Waals surface area contributed by atoms with Crippen LogP contribution in [0.1, 0.15) is 71.6 Å². The van der Waals surface area contributed by atoms with Crippen molar-refractivity contribution < 1.29 is 9.53 Å². The third kappa shape index (κ3) is 6.56. The molecule has 0 aliphatic heterocycles. The monoisotopic (exact) mass is 268 g/mol. The first kappa shape index (κ1) is 16.7. The van der Waals surface area contributed by atoms with Crippen LogP contribution in [0.5, 0.6) is 0 Å². The number of ketones is 1. The van der Waals surface area contributed by atoms with Crippen molar-refractivity contribution in [2.24, 2.45) is 17.8 Å². The van der Waals surface area contributed by atoms with E-state index < -0.39 is 0 Å². The molecule has 1 rings (SSSR count).